The molecule has 2 heterocycles. The third-order valence-corrected chi connectivity index (χ3v) is 7.00. The number of aromatic amines is 1. The molecule has 0 aliphatic carbocycles. The molecule has 0 bridgehead atoms. The average molecular weight is 468 g/mol. The number of carbonyl (C=O) groups excluding carboxylic acids is 1. The van der Waals surface area contributed by atoms with E-state index in [4.69, 9.17) is 4.74 Å². The number of amides is 1. The third-order valence-electron chi connectivity index (χ3n) is 7.00. The van der Waals surface area contributed by atoms with Crippen molar-refractivity contribution in [2.24, 2.45) is 0 Å². The average Bonchev–Trinajstić information content (AvgIpc) is 3.26. The van der Waals surface area contributed by atoms with Gasteiger partial charge in [-0.05, 0) is 55.2 Å². The highest BCUT2D eigenvalue weighted by Crippen LogP contribution is 2.32. The summed E-state index contributed by atoms with van der Waals surface area (Å²) in [6.45, 7) is 5.28. The lowest BCUT2D eigenvalue weighted by atomic mass is 9.99. The minimum absolute atomic E-state index is 0.252. The van der Waals surface area contributed by atoms with Crippen molar-refractivity contribution >= 4 is 22.5 Å². The van der Waals surface area contributed by atoms with Crippen LogP contribution >= 0.6 is 0 Å². The Kier molecular flexibility index (Phi) is 6.75. The summed E-state index contributed by atoms with van der Waals surface area (Å²) in [5, 5.41) is 1.27. The number of aryl methyl sites for hydroxylation is 2. The van der Waals surface area contributed by atoms with Gasteiger partial charge in [0, 0.05) is 49.2 Å². The molecule has 5 heteroatoms. The van der Waals surface area contributed by atoms with E-state index in [1.165, 1.54) is 27.8 Å². The lowest BCUT2D eigenvalue weighted by molar-refractivity contribution is -0.131. The minimum Gasteiger partial charge on any atom is -0.495 e. The fourth-order valence-electron chi connectivity index (χ4n) is 5.13. The minimum atomic E-state index is 0.252. The van der Waals surface area contributed by atoms with E-state index >= 15 is 0 Å². The van der Waals surface area contributed by atoms with Crippen molar-refractivity contribution < 1.29 is 9.53 Å². The number of rotatable bonds is 7. The molecule has 1 aliphatic rings. The van der Waals surface area contributed by atoms with Gasteiger partial charge in [-0.2, -0.15) is 0 Å². The van der Waals surface area contributed by atoms with Crippen molar-refractivity contribution in [2.45, 2.75) is 26.2 Å². The van der Waals surface area contributed by atoms with Crippen molar-refractivity contribution in [1.82, 2.24) is 9.88 Å². The van der Waals surface area contributed by atoms with E-state index in [-0.39, 0.29) is 5.91 Å². The maximum atomic E-state index is 13.0. The van der Waals surface area contributed by atoms with Crippen LogP contribution in [-0.4, -0.2) is 49.1 Å². The number of carbonyl (C=O) groups is 1. The number of nitrogens with zero attached hydrogens (tertiary/aromatic N) is 2. The predicted octanol–water partition coefficient (Wildman–Crippen LogP) is 5.82. The number of anilines is 1. The van der Waals surface area contributed by atoms with Crippen LogP contribution in [0.3, 0.4) is 0 Å². The first-order chi connectivity index (χ1) is 17.1. The molecule has 0 unspecified atom stereocenters. The maximum Gasteiger partial charge on any atom is 0.222 e. The van der Waals surface area contributed by atoms with Gasteiger partial charge in [-0.15, -0.1) is 0 Å². The maximum absolute atomic E-state index is 13.0. The molecule has 3 aromatic carbocycles. The number of piperazine rings is 1. The highest BCUT2D eigenvalue weighted by atomic mass is 16.5. The molecule has 180 valence electrons. The topological polar surface area (TPSA) is 48.6 Å². The number of ether oxygens (including phenoxy) is 1. The van der Waals surface area contributed by atoms with Crippen molar-refractivity contribution in [3.8, 4) is 17.0 Å². The van der Waals surface area contributed by atoms with Gasteiger partial charge in [0.15, 0.2) is 0 Å². The first-order valence-corrected chi connectivity index (χ1v) is 12.5. The van der Waals surface area contributed by atoms with Gasteiger partial charge in [0.2, 0.25) is 5.91 Å². The summed E-state index contributed by atoms with van der Waals surface area (Å²) in [7, 11) is 1.71. The lowest BCUT2D eigenvalue weighted by Gasteiger charge is -2.36. The number of benzene rings is 3. The predicted molar refractivity (Wildman–Crippen MR) is 143 cm³/mol. The largest absolute Gasteiger partial charge is 0.495 e. The van der Waals surface area contributed by atoms with E-state index in [1.807, 2.05) is 29.2 Å². The molecule has 4 aromatic rings. The number of hydrogen-bond donors (Lipinski definition) is 1. The first-order valence-electron chi connectivity index (χ1n) is 12.5. The summed E-state index contributed by atoms with van der Waals surface area (Å²) >= 11 is 0. The van der Waals surface area contributed by atoms with Crippen LogP contribution in [0.25, 0.3) is 22.2 Å². The van der Waals surface area contributed by atoms with Gasteiger partial charge < -0.3 is 19.5 Å². The zero-order chi connectivity index (χ0) is 24.2. The van der Waals surface area contributed by atoms with Crippen LogP contribution in [0.4, 0.5) is 5.69 Å². The number of hydrogen-bond acceptors (Lipinski definition) is 3. The SMILES string of the molecule is COc1ccccc1N1CCN(C(=O)CCCc2c(-c3ccccc3)[nH]c3ccc(C)cc23)CC1. The van der Waals surface area contributed by atoms with Crippen molar-refractivity contribution in [3.05, 3.63) is 83.9 Å². The Balaban J connectivity index is 1.23. The highest BCUT2D eigenvalue weighted by molar-refractivity contribution is 5.91. The molecule has 5 nitrogen and oxygen atoms in total. The van der Waals surface area contributed by atoms with Crippen molar-refractivity contribution in [2.75, 3.05) is 38.2 Å². The molecule has 0 spiro atoms. The standard InChI is InChI=1S/C30H33N3O2/c1-22-15-16-26-25(21-22)24(30(31-26)23-9-4-3-5-10-23)11-8-14-29(34)33-19-17-32(18-20-33)27-12-6-7-13-28(27)35-2/h3-7,9-10,12-13,15-16,21,31H,8,11,14,17-20H2,1-2H3. The fourth-order valence-corrected chi connectivity index (χ4v) is 5.13. The van der Waals surface area contributed by atoms with Gasteiger partial charge in [-0.1, -0.05) is 54.1 Å². The van der Waals surface area contributed by atoms with Crippen LogP contribution in [0, 0.1) is 6.92 Å². The van der Waals surface area contributed by atoms with E-state index in [1.54, 1.807) is 7.11 Å². The van der Waals surface area contributed by atoms with Gasteiger partial charge in [0.1, 0.15) is 5.75 Å². The number of para-hydroxylation sites is 2. The van der Waals surface area contributed by atoms with E-state index in [0.717, 1.165) is 56.0 Å². The zero-order valence-electron chi connectivity index (χ0n) is 20.6. The normalized spacial score (nSPS) is 13.9. The van der Waals surface area contributed by atoms with E-state index in [9.17, 15) is 4.79 Å². The number of methoxy groups -OCH3 is 1. The van der Waals surface area contributed by atoms with Crippen molar-refractivity contribution in [3.63, 3.8) is 0 Å². The molecule has 5 rings (SSSR count). The Bertz CT molecular complexity index is 1300. The van der Waals surface area contributed by atoms with Crippen LogP contribution in [-0.2, 0) is 11.2 Å². The van der Waals surface area contributed by atoms with Crippen molar-refractivity contribution in [1.29, 1.82) is 0 Å². The Labute approximate surface area is 207 Å². The second-order valence-electron chi connectivity index (χ2n) is 9.29. The summed E-state index contributed by atoms with van der Waals surface area (Å²) in [6, 6.07) is 25.1. The molecule has 1 aliphatic heterocycles. The second kappa shape index (κ2) is 10.3. The summed E-state index contributed by atoms with van der Waals surface area (Å²) in [4.78, 5) is 21.0. The Hall–Kier alpha value is -3.73. The summed E-state index contributed by atoms with van der Waals surface area (Å²) in [6.07, 6.45) is 2.29. The van der Waals surface area contributed by atoms with Crippen LogP contribution < -0.4 is 9.64 Å². The van der Waals surface area contributed by atoms with E-state index in [2.05, 4.69) is 65.3 Å². The molecule has 1 aromatic heterocycles. The molecule has 1 amide bonds. The van der Waals surface area contributed by atoms with Crippen LogP contribution in [0.1, 0.15) is 24.0 Å². The molecule has 0 radical (unpaired) electrons. The van der Waals surface area contributed by atoms with Gasteiger partial charge in [0.05, 0.1) is 12.8 Å². The number of aromatic nitrogens is 1. The van der Waals surface area contributed by atoms with Gasteiger partial charge in [-0.3, -0.25) is 4.79 Å². The van der Waals surface area contributed by atoms with E-state index < -0.39 is 0 Å². The van der Waals surface area contributed by atoms with Gasteiger partial charge in [0.25, 0.3) is 0 Å². The summed E-state index contributed by atoms with van der Waals surface area (Å²) < 4.78 is 5.52. The highest BCUT2D eigenvalue weighted by Gasteiger charge is 2.23. The number of nitrogens with one attached hydrogen (secondary N) is 1. The smallest absolute Gasteiger partial charge is 0.222 e. The molecular formula is C30H33N3O2. The fraction of sp³-hybridized carbons (Fsp3) is 0.300. The summed E-state index contributed by atoms with van der Waals surface area (Å²) in [5.74, 6) is 1.14. The van der Waals surface area contributed by atoms with Gasteiger partial charge >= 0.3 is 0 Å². The van der Waals surface area contributed by atoms with Crippen LogP contribution in [0.15, 0.2) is 72.8 Å². The van der Waals surface area contributed by atoms with Crippen LogP contribution in [0.5, 0.6) is 5.75 Å². The molecule has 35 heavy (non-hydrogen) atoms. The van der Waals surface area contributed by atoms with Gasteiger partial charge in [-0.25, -0.2) is 0 Å². The van der Waals surface area contributed by atoms with E-state index in [0.29, 0.717) is 6.42 Å². The molecule has 0 saturated carbocycles. The first kappa shape index (κ1) is 23.0. The Morgan fingerprint density at radius 1 is 0.943 bits per heavy atom. The molecule has 0 atom stereocenters. The molecular weight excluding hydrogens is 434 g/mol. The van der Waals surface area contributed by atoms with Crippen LogP contribution in [0.2, 0.25) is 0 Å². The zero-order valence-corrected chi connectivity index (χ0v) is 20.6. The third kappa shape index (κ3) is 4.90. The molecule has 1 saturated heterocycles. The number of fused-ring (bicyclic) bond motifs is 1. The Morgan fingerprint density at radius 3 is 2.46 bits per heavy atom. The molecule has 1 N–H and O–H groups in total. The quantitative estimate of drug-likeness (QED) is 0.372. The second-order valence-corrected chi connectivity index (χ2v) is 9.29. The number of H-pyrrole nitrogens is 1. The Morgan fingerprint density at radius 2 is 1.69 bits per heavy atom. The lowest BCUT2D eigenvalue weighted by Crippen LogP contribution is -2.48. The monoisotopic (exact) mass is 467 g/mol. The molecule has 1 fully saturated rings. The summed E-state index contributed by atoms with van der Waals surface area (Å²) in [5.41, 5.74) is 7.18.